The van der Waals surface area contributed by atoms with Crippen LogP contribution in [0.25, 0.3) is 11.2 Å². The van der Waals surface area contributed by atoms with Crippen molar-refractivity contribution in [3.63, 3.8) is 0 Å². The van der Waals surface area contributed by atoms with Gasteiger partial charge in [-0.2, -0.15) is 9.97 Å². The smallest absolute Gasteiger partial charge is 0.253 e. The number of hydrogen-bond acceptors (Lipinski definition) is 8. The molecule has 0 spiro atoms. The molecule has 3 heterocycles. The summed E-state index contributed by atoms with van der Waals surface area (Å²) in [4.78, 5) is 52.7. The number of nitrogens with zero attached hydrogens (tertiary/aromatic N) is 4. The van der Waals surface area contributed by atoms with Gasteiger partial charge in [-0.1, -0.05) is 24.3 Å². The van der Waals surface area contributed by atoms with Crippen molar-refractivity contribution in [2.45, 2.75) is 38.8 Å². The van der Waals surface area contributed by atoms with Crippen LogP contribution in [0.2, 0.25) is 0 Å². The summed E-state index contributed by atoms with van der Waals surface area (Å²) in [6, 6.07) is 7.78. The first-order valence-electron chi connectivity index (χ1n) is 11.9. The minimum atomic E-state index is -0.244. The van der Waals surface area contributed by atoms with Crippen LogP contribution in [0.1, 0.15) is 36.8 Å². The number of nitrogen functional groups attached to an aromatic ring is 1. The summed E-state index contributed by atoms with van der Waals surface area (Å²) in [6.45, 7) is 1.17. The normalized spacial score (nSPS) is 19.7. The van der Waals surface area contributed by atoms with Crippen LogP contribution in [0.15, 0.2) is 42.7 Å². The van der Waals surface area contributed by atoms with Gasteiger partial charge >= 0.3 is 0 Å². The third kappa shape index (κ3) is 5.19. The lowest BCUT2D eigenvalue weighted by Gasteiger charge is -2.30. The average molecular weight is 490 g/mol. The van der Waals surface area contributed by atoms with E-state index in [-0.39, 0.29) is 35.5 Å². The van der Waals surface area contributed by atoms with Gasteiger partial charge in [-0.25, -0.2) is 4.98 Å². The van der Waals surface area contributed by atoms with Crippen LogP contribution in [-0.4, -0.2) is 49.1 Å². The molecule has 3 aromatic rings. The first-order chi connectivity index (χ1) is 17.5. The van der Waals surface area contributed by atoms with Gasteiger partial charge in [0.2, 0.25) is 17.7 Å². The molecule has 0 unspecified atom stereocenters. The largest absolute Gasteiger partial charge is 0.471 e. The number of rotatable bonds is 8. The molecule has 1 saturated carbocycles. The Morgan fingerprint density at radius 1 is 1.06 bits per heavy atom. The molecule has 36 heavy (non-hydrogen) atoms. The number of aromatic nitrogens is 4. The fourth-order valence-corrected chi connectivity index (χ4v) is 4.64. The number of carbonyl (C=O) groups excluding carboxylic acids is 3. The summed E-state index contributed by atoms with van der Waals surface area (Å²) >= 11 is 0. The Balaban J connectivity index is 1.06. The predicted molar refractivity (Wildman–Crippen MR) is 130 cm³/mol. The van der Waals surface area contributed by atoms with Crippen LogP contribution >= 0.6 is 0 Å². The number of carbonyl (C=O) groups is 3. The number of ether oxygens (including phenoxy) is 1. The van der Waals surface area contributed by atoms with Crippen LogP contribution in [0.3, 0.4) is 0 Å². The third-order valence-corrected chi connectivity index (χ3v) is 6.69. The summed E-state index contributed by atoms with van der Waals surface area (Å²) in [6.07, 6.45) is 7.30. The molecular weight excluding hydrogens is 462 g/mol. The number of amides is 3. The van der Waals surface area contributed by atoms with E-state index in [1.807, 2.05) is 24.3 Å². The van der Waals surface area contributed by atoms with Crippen molar-refractivity contribution < 1.29 is 19.1 Å². The molecule has 4 N–H and O–H groups in total. The summed E-state index contributed by atoms with van der Waals surface area (Å²) < 4.78 is 5.80. The highest BCUT2D eigenvalue weighted by Crippen LogP contribution is 2.30. The van der Waals surface area contributed by atoms with E-state index in [2.05, 4.69) is 25.3 Å². The van der Waals surface area contributed by atoms with E-state index in [4.69, 9.17) is 10.5 Å². The molecule has 186 valence electrons. The molecule has 1 aliphatic heterocycles. The second kappa shape index (κ2) is 10.1. The Kier molecular flexibility index (Phi) is 6.61. The Morgan fingerprint density at radius 3 is 2.47 bits per heavy atom. The first-order valence-corrected chi connectivity index (χ1v) is 11.9. The van der Waals surface area contributed by atoms with Gasteiger partial charge in [0, 0.05) is 31.2 Å². The summed E-state index contributed by atoms with van der Waals surface area (Å²) in [5.74, 6) is 0.184. The summed E-state index contributed by atoms with van der Waals surface area (Å²) in [5, 5.41) is 3.03. The second-order valence-electron chi connectivity index (χ2n) is 9.15. The van der Waals surface area contributed by atoms with Crippen LogP contribution in [0, 0.1) is 11.8 Å². The number of imidazole rings is 1. The topological polar surface area (TPSA) is 156 Å². The molecule has 0 atom stereocenters. The monoisotopic (exact) mass is 489 g/mol. The van der Waals surface area contributed by atoms with Crippen molar-refractivity contribution in [2.75, 3.05) is 12.3 Å². The number of H-pyrrole nitrogens is 1. The summed E-state index contributed by atoms with van der Waals surface area (Å²) in [7, 11) is 0. The van der Waals surface area contributed by atoms with Gasteiger partial charge in [0.15, 0.2) is 11.2 Å². The van der Waals surface area contributed by atoms with E-state index >= 15 is 0 Å². The number of nitrogens with two attached hydrogens (primary N) is 1. The second-order valence-corrected chi connectivity index (χ2v) is 9.15. The van der Waals surface area contributed by atoms with Gasteiger partial charge in [-0.3, -0.25) is 19.3 Å². The fraction of sp³-hybridized carbons (Fsp3) is 0.360. The SMILES string of the molecule is Nc1nc(OCc2ccc(CNC(=O)C3CCC(CN4C(=O)C=CC4=O)CC3)cc2)c2nc[nH]c2n1. The molecule has 2 aliphatic rings. The Morgan fingerprint density at radius 2 is 1.75 bits per heavy atom. The van der Waals surface area contributed by atoms with E-state index in [0.717, 1.165) is 36.8 Å². The van der Waals surface area contributed by atoms with Crippen molar-refractivity contribution in [1.29, 1.82) is 0 Å². The van der Waals surface area contributed by atoms with Crippen molar-refractivity contribution in [2.24, 2.45) is 11.8 Å². The van der Waals surface area contributed by atoms with Crippen LogP contribution in [0.4, 0.5) is 5.95 Å². The molecule has 1 fully saturated rings. The molecule has 11 nitrogen and oxygen atoms in total. The fourth-order valence-electron chi connectivity index (χ4n) is 4.64. The molecular formula is C25H27N7O4. The van der Waals surface area contributed by atoms with Crippen LogP contribution in [0.5, 0.6) is 5.88 Å². The van der Waals surface area contributed by atoms with E-state index in [1.165, 1.54) is 23.4 Å². The lowest BCUT2D eigenvalue weighted by Crippen LogP contribution is -2.38. The molecule has 0 saturated heterocycles. The number of hydrogen-bond donors (Lipinski definition) is 3. The maximum atomic E-state index is 12.7. The van der Waals surface area contributed by atoms with Crippen LogP contribution < -0.4 is 15.8 Å². The number of benzene rings is 1. The molecule has 1 aromatic carbocycles. The van der Waals surface area contributed by atoms with Crippen molar-refractivity contribution in [3.8, 4) is 5.88 Å². The maximum Gasteiger partial charge on any atom is 0.253 e. The standard InChI is InChI=1S/C25H27N7O4/c26-25-30-22-21(28-14-29-22)24(31-25)36-13-17-3-1-15(2-4-17)11-27-23(35)18-7-5-16(6-8-18)12-32-19(33)9-10-20(32)34/h1-4,9-10,14,16,18H,5-8,11-13H2,(H,27,35)(H3,26,28,29,30,31). The minimum absolute atomic E-state index is 0.0419. The zero-order chi connectivity index (χ0) is 25.1. The van der Waals surface area contributed by atoms with Gasteiger partial charge in [0.25, 0.3) is 11.8 Å². The molecule has 1 aliphatic carbocycles. The number of nitrogens with one attached hydrogen (secondary N) is 2. The van der Waals surface area contributed by atoms with Gasteiger partial charge in [-0.15, -0.1) is 0 Å². The van der Waals surface area contributed by atoms with E-state index < -0.39 is 0 Å². The van der Waals surface area contributed by atoms with E-state index in [9.17, 15) is 14.4 Å². The van der Waals surface area contributed by atoms with E-state index in [1.54, 1.807) is 0 Å². The van der Waals surface area contributed by atoms with Gasteiger partial charge in [0.1, 0.15) is 6.61 Å². The number of anilines is 1. The van der Waals surface area contributed by atoms with Crippen LogP contribution in [-0.2, 0) is 27.5 Å². The van der Waals surface area contributed by atoms with Crippen molar-refractivity contribution in [1.82, 2.24) is 30.2 Å². The number of imide groups is 1. The molecule has 5 rings (SSSR count). The van der Waals surface area contributed by atoms with Crippen molar-refractivity contribution in [3.05, 3.63) is 53.9 Å². The summed E-state index contributed by atoms with van der Waals surface area (Å²) in [5.41, 5.74) is 8.69. The predicted octanol–water partition coefficient (Wildman–Crippen LogP) is 1.86. The third-order valence-electron chi connectivity index (χ3n) is 6.69. The zero-order valence-electron chi connectivity index (χ0n) is 19.6. The van der Waals surface area contributed by atoms with Crippen molar-refractivity contribution >= 4 is 34.8 Å². The van der Waals surface area contributed by atoms with Gasteiger partial charge in [-0.05, 0) is 42.7 Å². The lowest BCUT2D eigenvalue weighted by atomic mass is 9.81. The van der Waals surface area contributed by atoms with Gasteiger partial charge in [0.05, 0.1) is 6.33 Å². The molecule has 0 bridgehead atoms. The Hall–Kier alpha value is -4.28. The maximum absolute atomic E-state index is 12.7. The minimum Gasteiger partial charge on any atom is -0.471 e. The molecule has 0 radical (unpaired) electrons. The Labute approximate surface area is 207 Å². The number of fused-ring (bicyclic) bond motifs is 1. The quantitative estimate of drug-likeness (QED) is 0.405. The lowest BCUT2D eigenvalue weighted by molar-refractivity contribution is -0.138. The Bertz CT molecular complexity index is 1290. The highest BCUT2D eigenvalue weighted by molar-refractivity contribution is 6.12. The van der Waals surface area contributed by atoms with Gasteiger partial charge < -0.3 is 20.8 Å². The van der Waals surface area contributed by atoms with E-state index in [0.29, 0.717) is 36.7 Å². The highest BCUT2D eigenvalue weighted by atomic mass is 16.5. The highest BCUT2D eigenvalue weighted by Gasteiger charge is 2.31. The first kappa shape index (κ1) is 23.5. The molecule has 3 amide bonds. The molecule has 11 heteroatoms. The molecule has 2 aromatic heterocycles. The average Bonchev–Trinajstić information content (AvgIpc) is 3.48. The number of aromatic amines is 1. The zero-order valence-corrected chi connectivity index (χ0v) is 19.6.